The predicted molar refractivity (Wildman–Crippen MR) is 61.9 cm³/mol. The average Bonchev–Trinajstić information content (AvgIpc) is 2.64. The minimum atomic E-state index is -0.310. The molecule has 0 N–H and O–H groups in total. The quantitative estimate of drug-likeness (QED) is 0.461. The first kappa shape index (κ1) is 12.0. The van der Waals surface area contributed by atoms with E-state index < -0.39 is 0 Å². The summed E-state index contributed by atoms with van der Waals surface area (Å²) in [5.74, 6) is 1.11. The predicted octanol–water partition coefficient (Wildman–Crippen LogP) is 2.48. The van der Waals surface area contributed by atoms with E-state index in [0.29, 0.717) is 5.82 Å². The second-order valence-corrected chi connectivity index (χ2v) is 4.97. The molecule has 0 aliphatic rings. The van der Waals surface area contributed by atoms with Gasteiger partial charge in [0.2, 0.25) is 5.91 Å². The second kappa shape index (κ2) is 5.73. The molecule has 0 aliphatic heterocycles. The first-order valence-electron chi connectivity index (χ1n) is 4.47. The number of carbonyl (C=O) groups excluding carboxylic acids is 1. The standard InChI is InChI=1S/C9H11N3OS2/c1-3-4-14-9-11-8(5-15-9)12(6-10)7(2)13/h5H,3-4H2,1-2H3. The summed E-state index contributed by atoms with van der Waals surface area (Å²) in [6, 6.07) is 0. The van der Waals surface area contributed by atoms with Crippen LogP contribution < -0.4 is 4.90 Å². The number of nitriles is 1. The summed E-state index contributed by atoms with van der Waals surface area (Å²) in [6.45, 7) is 3.44. The number of carbonyl (C=O) groups is 1. The van der Waals surface area contributed by atoms with Crippen molar-refractivity contribution in [2.45, 2.75) is 24.6 Å². The van der Waals surface area contributed by atoms with Crippen LogP contribution in [0.3, 0.4) is 0 Å². The number of amides is 1. The molecule has 4 nitrogen and oxygen atoms in total. The smallest absolute Gasteiger partial charge is 0.238 e. The van der Waals surface area contributed by atoms with E-state index >= 15 is 0 Å². The van der Waals surface area contributed by atoms with Crippen molar-refractivity contribution in [2.24, 2.45) is 0 Å². The van der Waals surface area contributed by atoms with Gasteiger partial charge in [0.15, 0.2) is 16.4 Å². The third-order valence-corrected chi connectivity index (χ3v) is 3.76. The van der Waals surface area contributed by atoms with Crippen LogP contribution in [0.25, 0.3) is 0 Å². The number of thiazole rings is 1. The van der Waals surface area contributed by atoms with E-state index in [1.807, 2.05) is 0 Å². The highest BCUT2D eigenvalue weighted by atomic mass is 32.2. The van der Waals surface area contributed by atoms with Crippen molar-refractivity contribution in [3.8, 4) is 6.19 Å². The van der Waals surface area contributed by atoms with Crippen molar-refractivity contribution in [2.75, 3.05) is 10.7 Å². The van der Waals surface area contributed by atoms with Crippen LogP contribution in [-0.2, 0) is 4.79 Å². The molecule has 1 amide bonds. The SMILES string of the molecule is CCCSc1nc(N(C#N)C(C)=O)cs1. The third-order valence-electron chi connectivity index (χ3n) is 1.54. The number of anilines is 1. The zero-order chi connectivity index (χ0) is 11.3. The maximum absolute atomic E-state index is 11.1. The summed E-state index contributed by atoms with van der Waals surface area (Å²) in [5.41, 5.74) is 0. The molecule has 1 aromatic rings. The molecule has 0 spiro atoms. The van der Waals surface area contributed by atoms with Crippen LogP contribution in [0.1, 0.15) is 20.3 Å². The summed E-state index contributed by atoms with van der Waals surface area (Å²) in [6.07, 6.45) is 2.88. The average molecular weight is 241 g/mol. The Morgan fingerprint density at radius 1 is 1.80 bits per heavy atom. The van der Waals surface area contributed by atoms with Gasteiger partial charge in [-0.1, -0.05) is 18.7 Å². The van der Waals surface area contributed by atoms with Crippen LogP contribution in [0.5, 0.6) is 0 Å². The molecule has 1 rings (SSSR count). The molecular weight excluding hydrogens is 230 g/mol. The molecule has 0 aromatic carbocycles. The van der Waals surface area contributed by atoms with Crippen molar-refractivity contribution in [1.82, 2.24) is 4.98 Å². The Morgan fingerprint density at radius 2 is 2.53 bits per heavy atom. The monoisotopic (exact) mass is 241 g/mol. The van der Waals surface area contributed by atoms with Gasteiger partial charge < -0.3 is 0 Å². The Kier molecular flexibility index (Phi) is 4.59. The highest BCUT2D eigenvalue weighted by Gasteiger charge is 2.14. The van der Waals surface area contributed by atoms with Crippen LogP contribution in [0.15, 0.2) is 9.72 Å². The van der Waals surface area contributed by atoms with E-state index in [4.69, 9.17) is 5.26 Å². The fourth-order valence-electron chi connectivity index (χ4n) is 0.891. The Balaban J connectivity index is 2.74. The Hall–Kier alpha value is -1.06. The Labute approximate surface area is 96.9 Å². The number of aromatic nitrogens is 1. The van der Waals surface area contributed by atoms with E-state index in [0.717, 1.165) is 21.4 Å². The van der Waals surface area contributed by atoms with Gasteiger partial charge in [-0.15, -0.1) is 11.3 Å². The molecule has 0 saturated heterocycles. The normalized spacial score (nSPS) is 9.67. The van der Waals surface area contributed by atoms with Crippen LogP contribution in [-0.4, -0.2) is 16.6 Å². The van der Waals surface area contributed by atoms with Gasteiger partial charge in [0.1, 0.15) is 0 Å². The van der Waals surface area contributed by atoms with Crippen LogP contribution in [0.4, 0.5) is 5.82 Å². The largest absolute Gasteiger partial charge is 0.274 e. The van der Waals surface area contributed by atoms with Gasteiger partial charge in [-0.25, -0.2) is 4.98 Å². The fraction of sp³-hybridized carbons (Fsp3) is 0.444. The lowest BCUT2D eigenvalue weighted by molar-refractivity contribution is -0.115. The summed E-state index contributed by atoms with van der Waals surface area (Å²) in [4.78, 5) is 16.3. The highest BCUT2D eigenvalue weighted by molar-refractivity contribution is 8.01. The third kappa shape index (κ3) is 3.22. The maximum Gasteiger partial charge on any atom is 0.238 e. The topological polar surface area (TPSA) is 57.0 Å². The van der Waals surface area contributed by atoms with E-state index in [1.54, 1.807) is 23.3 Å². The fourth-order valence-corrected chi connectivity index (χ4v) is 2.60. The van der Waals surface area contributed by atoms with E-state index in [9.17, 15) is 4.79 Å². The Bertz CT molecular complexity index is 383. The molecule has 15 heavy (non-hydrogen) atoms. The summed E-state index contributed by atoms with van der Waals surface area (Å²) in [5, 5.41) is 10.5. The van der Waals surface area contributed by atoms with Crippen LogP contribution in [0.2, 0.25) is 0 Å². The number of rotatable bonds is 4. The molecule has 6 heteroatoms. The van der Waals surface area contributed by atoms with Crippen LogP contribution in [0, 0.1) is 11.5 Å². The number of hydrogen-bond acceptors (Lipinski definition) is 5. The minimum absolute atomic E-state index is 0.310. The molecule has 0 aliphatic carbocycles. The minimum Gasteiger partial charge on any atom is -0.274 e. The van der Waals surface area contributed by atoms with Gasteiger partial charge in [-0.05, 0) is 6.42 Å². The van der Waals surface area contributed by atoms with E-state index in [1.165, 1.54) is 18.3 Å². The molecule has 1 aromatic heterocycles. The summed E-state index contributed by atoms with van der Waals surface area (Å²) < 4.78 is 0.897. The number of hydrogen-bond donors (Lipinski definition) is 0. The van der Waals surface area contributed by atoms with Gasteiger partial charge in [-0.2, -0.15) is 10.2 Å². The van der Waals surface area contributed by atoms with Crippen molar-refractivity contribution in [3.63, 3.8) is 0 Å². The van der Waals surface area contributed by atoms with Gasteiger partial charge >= 0.3 is 0 Å². The van der Waals surface area contributed by atoms with E-state index in [-0.39, 0.29) is 5.91 Å². The number of thioether (sulfide) groups is 1. The molecular formula is C9H11N3OS2. The molecule has 0 fully saturated rings. The molecule has 0 radical (unpaired) electrons. The Morgan fingerprint density at radius 3 is 3.07 bits per heavy atom. The van der Waals surface area contributed by atoms with Crippen molar-refractivity contribution in [3.05, 3.63) is 5.38 Å². The van der Waals surface area contributed by atoms with Crippen LogP contribution >= 0.6 is 23.1 Å². The molecule has 0 unspecified atom stereocenters. The first-order chi connectivity index (χ1) is 7.19. The van der Waals surface area contributed by atoms with Gasteiger partial charge in [0.05, 0.1) is 0 Å². The first-order valence-corrected chi connectivity index (χ1v) is 6.34. The van der Waals surface area contributed by atoms with Gasteiger partial charge in [-0.3, -0.25) is 4.79 Å². The van der Waals surface area contributed by atoms with E-state index in [2.05, 4.69) is 11.9 Å². The maximum atomic E-state index is 11.1. The number of nitrogens with zero attached hydrogens (tertiary/aromatic N) is 3. The second-order valence-electron chi connectivity index (χ2n) is 2.77. The molecule has 80 valence electrons. The van der Waals surface area contributed by atoms with Crippen molar-refractivity contribution in [1.29, 1.82) is 5.26 Å². The lowest BCUT2D eigenvalue weighted by atomic mass is 10.5. The molecule has 0 saturated carbocycles. The lowest BCUT2D eigenvalue weighted by Gasteiger charge is -2.05. The molecule has 0 atom stereocenters. The summed E-state index contributed by atoms with van der Waals surface area (Å²) in [7, 11) is 0. The zero-order valence-corrected chi connectivity index (χ0v) is 10.2. The summed E-state index contributed by atoms with van der Waals surface area (Å²) >= 11 is 3.10. The highest BCUT2D eigenvalue weighted by Crippen LogP contribution is 2.27. The van der Waals surface area contributed by atoms with Gasteiger partial charge in [0, 0.05) is 18.1 Å². The molecule has 1 heterocycles. The lowest BCUT2D eigenvalue weighted by Crippen LogP contribution is -2.22. The molecule has 0 bridgehead atoms. The van der Waals surface area contributed by atoms with Crippen molar-refractivity contribution >= 4 is 34.8 Å². The van der Waals surface area contributed by atoms with Crippen molar-refractivity contribution < 1.29 is 4.79 Å². The van der Waals surface area contributed by atoms with Gasteiger partial charge in [0.25, 0.3) is 0 Å². The zero-order valence-electron chi connectivity index (χ0n) is 8.56.